The number of hydrogen-bond donors (Lipinski definition) is 1. The fraction of sp³-hybridized carbons (Fsp3) is 0.273. The molecule has 0 aliphatic carbocycles. The fourth-order valence-corrected chi connectivity index (χ4v) is 1.33. The Hall–Kier alpha value is -1.88. The van der Waals surface area contributed by atoms with Crippen molar-refractivity contribution in [2.75, 3.05) is 6.61 Å². The number of aromatic nitrogens is 3. The third-order valence-corrected chi connectivity index (χ3v) is 2.19. The molecule has 0 aliphatic rings. The van der Waals surface area contributed by atoms with Crippen LogP contribution in [0.1, 0.15) is 5.56 Å². The molecule has 1 N–H and O–H groups in total. The Bertz CT molecular complexity index is 429. The molecule has 0 radical (unpaired) electrons. The Morgan fingerprint density at radius 3 is 2.94 bits per heavy atom. The van der Waals surface area contributed by atoms with Gasteiger partial charge in [0.25, 0.3) is 0 Å². The van der Waals surface area contributed by atoms with Crippen molar-refractivity contribution in [3.05, 3.63) is 42.2 Å². The first-order chi connectivity index (χ1) is 7.86. The zero-order chi connectivity index (χ0) is 11.2. The third-order valence-electron chi connectivity index (χ3n) is 2.19. The van der Waals surface area contributed by atoms with Crippen LogP contribution in [0.5, 0.6) is 5.75 Å². The highest BCUT2D eigenvalue weighted by Crippen LogP contribution is 2.16. The summed E-state index contributed by atoms with van der Waals surface area (Å²) in [6.07, 6.45) is 3.41. The highest BCUT2D eigenvalue weighted by atomic mass is 16.5. The van der Waals surface area contributed by atoms with E-state index in [-0.39, 0.29) is 5.75 Å². The molecule has 5 nitrogen and oxygen atoms in total. The van der Waals surface area contributed by atoms with Crippen molar-refractivity contribution in [1.29, 1.82) is 0 Å². The monoisotopic (exact) mass is 219 g/mol. The largest absolute Gasteiger partial charge is 0.508 e. The number of rotatable bonds is 5. The first kappa shape index (κ1) is 10.6. The van der Waals surface area contributed by atoms with Gasteiger partial charge in [-0.15, -0.1) is 5.10 Å². The Morgan fingerprint density at radius 1 is 1.31 bits per heavy atom. The lowest BCUT2D eigenvalue weighted by Crippen LogP contribution is -2.06. The molecule has 1 heterocycles. The van der Waals surface area contributed by atoms with Gasteiger partial charge < -0.3 is 9.84 Å². The smallest absolute Gasteiger partial charge is 0.121 e. The second-order valence-corrected chi connectivity index (χ2v) is 3.35. The third kappa shape index (κ3) is 2.80. The number of phenols is 1. The Morgan fingerprint density at radius 2 is 2.19 bits per heavy atom. The van der Waals surface area contributed by atoms with Crippen LogP contribution in [0.2, 0.25) is 0 Å². The first-order valence-corrected chi connectivity index (χ1v) is 5.05. The molecule has 0 bridgehead atoms. The second-order valence-electron chi connectivity index (χ2n) is 3.35. The van der Waals surface area contributed by atoms with Crippen LogP contribution in [0, 0.1) is 0 Å². The van der Waals surface area contributed by atoms with Gasteiger partial charge in [-0.1, -0.05) is 23.4 Å². The van der Waals surface area contributed by atoms with Crippen molar-refractivity contribution in [3.8, 4) is 5.75 Å². The van der Waals surface area contributed by atoms with Gasteiger partial charge in [0, 0.05) is 11.8 Å². The van der Waals surface area contributed by atoms with Gasteiger partial charge in [0.05, 0.1) is 26.0 Å². The van der Waals surface area contributed by atoms with Gasteiger partial charge in [-0.3, -0.25) is 4.68 Å². The summed E-state index contributed by atoms with van der Waals surface area (Å²) in [4.78, 5) is 0. The lowest BCUT2D eigenvalue weighted by molar-refractivity contribution is 0.109. The molecule has 5 heteroatoms. The second kappa shape index (κ2) is 5.27. The topological polar surface area (TPSA) is 60.2 Å². The molecule has 2 aromatic rings. The summed E-state index contributed by atoms with van der Waals surface area (Å²) in [5, 5.41) is 17.0. The maximum absolute atomic E-state index is 9.49. The summed E-state index contributed by atoms with van der Waals surface area (Å²) in [7, 11) is 0. The molecule has 0 unspecified atom stereocenters. The predicted molar refractivity (Wildman–Crippen MR) is 57.8 cm³/mol. The van der Waals surface area contributed by atoms with Gasteiger partial charge in [-0.05, 0) is 6.07 Å². The van der Waals surface area contributed by atoms with Crippen molar-refractivity contribution < 1.29 is 9.84 Å². The van der Waals surface area contributed by atoms with Crippen LogP contribution >= 0.6 is 0 Å². The summed E-state index contributed by atoms with van der Waals surface area (Å²) in [6, 6.07) is 7.14. The summed E-state index contributed by atoms with van der Waals surface area (Å²) >= 11 is 0. The van der Waals surface area contributed by atoms with E-state index >= 15 is 0 Å². The average Bonchev–Trinajstić information content (AvgIpc) is 2.79. The number of nitrogens with zero attached hydrogens (tertiary/aromatic N) is 3. The van der Waals surface area contributed by atoms with E-state index in [4.69, 9.17) is 4.74 Å². The Labute approximate surface area is 93.3 Å². The number of benzene rings is 1. The van der Waals surface area contributed by atoms with Crippen LogP contribution in [-0.4, -0.2) is 26.7 Å². The first-order valence-electron chi connectivity index (χ1n) is 5.05. The van der Waals surface area contributed by atoms with E-state index in [2.05, 4.69) is 10.3 Å². The van der Waals surface area contributed by atoms with E-state index in [9.17, 15) is 5.11 Å². The molecule has 2 rings (SSSR count). The van der Waals surface area contributed by atoms with Crippen molar-refractivity contribution in [3.63, 3.8) is 0 Å². The zero-order valence-electron chi connectivity index (χ0n) is 8.78. The van der Waals surface area contributed by atoms with Crippen LogP contribution in [0.4, 0.5) is 0 Å². The van der Waals surface area contributed by atoms with Gasteiger partial charge in [0.1, 0.15) is 5.75 Å². The molecular weight excluding hydrogens is 206 g/mol. The van der Waals surface area contributed by atoms with E-state index in [1.807, 2.05) is 12.1 Å². The normalized spacial score (nSPS) is 10.5. The van der Waals surface area contributed by atoms with Crippen LogP contribution in [0.3, 0.4) is 0 Å². The van der Waals surface area contributed by atoms with E-state index in [0.29, 0.717) is 19.8 Å². The van der Waals surface area contributed by atoms with Crippen molar-refractivity contribution >= 4 is 0 Å². The van der Waals surface area contributed by atoms with Gasteiger partial charge in [-0.25, -0.2) is 0 Å². The van der Waals surface area contributed by atoms with Crippen molar-refractivity contribution in [2.45, 2.75) is 13.2 Å². The molecule has 0 aliphatic heterocycles. The summed E-state index contributed by atoms with van der Waals surface area (Å²) in [5.74, 6) is 0.267. The number of hydrogen-bond acceptors (Lipinski definition) is 4. The minimum Gasteiger partial charge on any atom is -0.508 e. The van der Waals surface area contributed by atoms with E-state index in [1.165, 1.54) is 0 Å². The lowest BCUT2D eigenvalue weighted by atomic mass is 10.2. The van der Waals surface area contributed by atoms with Crippen molar-refractivity contribution in [1.82, 2.24) is 15.0 Å². The SMILES string of the molecule is Oc1ccccc1COCCn1ccnn1. The molecule has 1 aromatic carbocycles. The van der Waals surface area contributed by atoms with Crippen LogP contribution in [0.15, 0.2) is 36.7 Å². The Balaban J connectivity index is 1.74. The predicted octanol–water partition coefficient (Wildman–Crippen LogP) is 1.20. The highest BCUT2D eigenvalue weighted by Gasteiger charge is 1.99. The van der Waals surface area contributed by atoms with Gasteiger partial charge in [0.15, 0.2) is 0 Å². The molecule has 1 aromatic heterocycles. The lowest BCUT2D eigenvalue weighted by Gasteiger charge is -2.05. The maximum Gasteiger partial charge on any atom is 0.121 e. The fourth-order valence-electron chi connectivity index (χ4n) is 1.33. The van der Waals surface area contributed by atoms with Crippen LogP contribution < -0.4 is 0 Å². The highest BCUT2D eigenvalue weighted by molar-refractivity contribution is 5.30. The van der Waals surface area contributed by atoms with Gasteiger partial charge in [-0.2, -0.15) is 0 Å². The zero-order valence-corrected chi connectivity index (χ0v) is 8.78. The molecule has 0 atom stereocenters. The summed E-state index contributed by atoms with van der Waals surface area (Å²) in [6.45, 7) is 1.60. The summed E-state index contributed by atoms with van der Waals surface area (Å²) < 4.78 is 7.12. The molecule has 0 fully saturated rings. The molecule has 0 saturated carbocycles. The molecular formula is C11H13N3O2. The number of phenolic OH excluding ortho intramolecular Hbond substituents is 1. The summed E-state index contributed by atoms with van der Waals surface area (Å²) in [5.41, 5.74) is 0.793. The Kier molecular flexibility index (Phi) is 3.50. The maximum atomic E-state index is 9.49. The van der Waals surface area contributed by atoms with Crippen LogP contribution in [-0.2, 0) is 17.9 Å². The molecule has 0 saturated heterocycles. The van der Waals surface area contributed by atoms with Gasteiger partial charge in [0.2, 0.25) is 0 Å². The van der Waals surface area contributed by atoms with E-state index in [0.717, 1.165) is 5.56 Å². The number of ether oxygens (including phenoxy) is 1. The molecule has 16 heavy (non-hydrogen) atoms. The average molecular weight is 219 g/mol. The minimum absolute atomic E-state index is 0.267. The van der Waals surface area contributed by atoms with E-state index in [1.54, 1.807) is 29.2 Å². The standard InChI is InChI=1S/C11H13N3O2/c15-11-4-2-1-3-10(11)9-16-8-7-14-6-5-12-13-14/h1-6,15H,7-9H2. The van der Waals surface area contributed by atoms with E-state index < -0.39 is 0 Å². The van der Waals surface area contributed by atoms with Gasteiger partial charge >= 0.3 is 0 Å². The number of para-hydroxylation sites is 1. The number of aromatic hydroxyl groups is 1. The minimum atomic E-state index is 0.267. The van der Waals surface area contributed by atoms with Crippen LogP contribution in [0.25, 0.3) is 0 Å². The van der Waals surface area contributed by atoms with Crippen molar-refractivity contribution in [2.24, 2.45) is 0 Å². The molecule has 84 valence electrons. The quantitative estimate of drug-likeness (QED) is 0.767. The molecule has 0 spiro atoms. The molecule has 0 amide bonds.